The number of carbonyl (C=O) groups is 2. The van der Waals surface area contributed by atoms with E-state index >= 15 is 0 Å². The Morgan fingerprint density at radius 3 is 2.50 bits per heavy atom. The number of carboxylic acid groups (broad SMARTS) is 1. The predicted molar refractivity (Wildman–Crippen MR) is 80.9 cm³/mol. The normalized spacial score (nSPS) is 12.7. The van der Waals surface area contributed by atoms with E-state index < -0.39 is 17.9 Å². The zero-order chi connectivity index (χ0) is 16.9. The van der Waals surface area contributed by atoms with Gasteiger partial charge in [0.15, 0.2) is 0 Å². The molecule has 0 aliphatic rings. The van der Waals surface area contributed by atoms with Gasteiger partial charge in [0.25, 0.3) is 5.91 Å². The van der Waals surface area contributed by atoms with Crippen molar-refractivity contribution in [3.8, 4) is 0 Å². The fourth-order valence-corrected chi connectivity index (χ4v) is 1.71. The Hall–Kier alpha value is -2.15. The van der Waals surface area contributed by atoms with Crippen LogP contribution in [0, 0.1) is 0 Å². The summed E-state index contributed by atoms with van der Waals surface area (Å²) in [6.07, 6.45) is 1.52. The summed E-state index contributed by atoms with van der Waals surface area (Å²) in [5.74, 6) is -1.67. The molecule has 0 bridgehead atoms. The smallest absolute Gasteiger partial charge is 0.326 e. The molecule has 0 saturated heterocycles. The first kappa shape index (κ1) is 17.9. The lowest BCUT2D eigenvalue weighted by atomic mass is 10.1. The zero-order valence-electron chi connectivity index (χ0n) is 13.3. The van der Waals surface area contributed by atoms with Crippen molar-refractivity contribution in [3.05, 3.63) is 34.2 Å². The Morgan fingerprint density at radius 2 is 2.00 bits per heavy atom. The first-order valence-electron chi connectivity index (χ1n) is 6.94. The molecule has 2 N–H and O–H groups in total. The quantitative estimate of drug-likeness (QED) is 0.809. The molecule has 0 aliphatic carbocycles. The van der Waals surface area contributed by atoms with Gasteiger partial charge in [0.1, 0.15) is 6.04 Å². The molecule has 122 valence electrons. The standard InChI is InChI=1S/C15H22N2O5/c1-15(2,3)22-8-7-11(14(20)21)16-13(19)10-5-6-12(18)17(4)9-10/h5-6,9,11H,7-8H2,1-4H3,(H,16,19)(H,20,21). The second-order valence-corrected chi connectivity index (χ2v) is 5.98. The lowest BCUT2D eigenvalue weighted by Gasteiger charge is -2.21. The van der Waals surface area contributed by atoms with Crippen LogP contribution in [0.5, 0.6) is 0 Å². The summed E-state index contributed by atoms with van der Waals surface area (Å²) in [6, 6.07) is 1.57. The van der Waals surface area contributed by atoms with E-state index in [9.17, 15) is 19.5 Å². The highest BCUT2D eigenvalue weighted by Crippen LogP contribution is 2.08. The minimum atomic E-state index is -1.13. The van der Waals surface area contributed by atoms with E-state index in [-0.39, 0.29) is 29.8 Å². The maximum Gasteiger partial charge on any atom is 0.326 e. The topological polar surface area (TPSA) is 97.6 Å². The molecule has 22 heavy (non-hydrogen) atoms. The molecular weight excluding hydrogens is 288 g/mol. The van der Waals surface area contributed by atoms with Crippen molar-refractivity contribution in [2.45, 2.75) is 38.8 Å². The van der Waals surface area contributed by atoms with E-state index in [0.717, 1.165) is 0 Å². The molecule has 1 unspecified atom stereocenters. The first-order chi connectivity index (χ1) is 10.1. The Kier molecular flexibility index (Phi) is 5.87. The van der Waals surface area contributed by atoms with Gasteiger partial charge in [-0.25, -0.2) is 4.79 Å². The summed E-state index contributed by atoms with van der Waals surface area (Å²) in [5.41, 5.74) is -0.389. The van der Waals surface area contributed by atoms with E-state index in [2.05, 4.69) is 5.32 Å². The Balaban J connectivity index is 2.69. The number of amides is 1. The molecule has 1 amide bonds. The lowest BCUT2D eigenvalue weighted by Crippen LogP contribution is -2.42. The molecular formula is C15H22N2O5. The van der Waals surface area contributed by atoms with Gasteiger partial charge in [0, 0.05) is 32.3 Å². The highest BCUT2D eigenvalue weighted by Gasteiger charge is 2.22. The summed E-state index contributed by atoms with van der Waals surface area (Å²) >= 11 is 0. The van der Waals surface area contributed by atoms with Crippen LogP contribution >= 0.6 is 0 Å². The number of ether oxygens (including phenoxy) is 1. The molecule has 0 aliphatic heterocycles. The van der Waals surface area contributed by atoms with Gasteiger partial charge < -0.3 is 19.7 Å². The summed E-state index contributed by atoms with van der Waals surface area (Å²) < 4.78 is 6.73. The summed E-state index contributed by atoms with van der Waals surface area (Å²) in [7, 11) is 1.52. The number of hydrogen-bond donors (Lipinski definition) is 2. The van der Waals surface area contributed by atoms with E-state index in [1.807, 2.05) is 20.8 Å². The van der Waals surface area contributed by atoms with E-state index in [1.165, 1.54) is 29.9 Å². The van der Waals surface area contributed by atoms with E-state index in [0.29, 0.717) is 0 Å². The van der Waals surface area contributed by atoms with Crippen LogP contribution in [-0.4, -0.2) is 39.8 Å². The van der Waals surface area contributed by atoms with E-state index in [4.69, 9.17) is 4.74 Å². The van der Waals surface area contributed by atoms with Gasteiger partial charge in [-0.3, -0.25) is 9.59 Å². The number of nitrogens with one attached hydrogen (secondary N) is 1. The van der Waals surface area contributed by atoms with Gasteiger partial charge in [0.05, 0.1) is 11.2 Å². The van der Waals surface area contributed by atoms with Crippen molar-refractivity contribution in [1.29, 1.82) is 0 Å². The number of pyridine rings is 1. The molecule has 1 atom stereocenters. The number of aromatic nitrogens is 1. The molecule has 1 aromatic heterocycles. The Bertz CT molecular complexity index is 601. The van der Waals surface area contributed by atoms with Crippen LogP contribution < -0.4 is 10.9 Å². The third-order valence-corrected chi connectivity index (χ3v) is 2.89. The number of aliphatic carboxylic acids is 1. The predicted octanol–water partition coefficient (Wildman–Crippen LogP) is 0.773. The minimum absolute atomic E-state index is 0.157. The third kappa shape index (κ3) is 5.69. The van der Waals surface area contributed by atoms with Crippen LogP contribution in [0.2, 0.25) is 0 Å². The second-order valence-electron chi connectivity index (χ2n) is 5.98. The molecule has 1 rings (SSSR count). The largest absolute Gasteiger partial charge is 0.480 e. The lowest BCUT2D eigenvalue weighted by molar-refractivity contribution is -0.140. The van der Waals surface area contributed by atoms with Crippen molar-refractivity contribution in [2.24, 2.45) is 7.05 Å². The Morgan fingerprint density at radius 1 is 1.36 bits per heavy atom. The molecule has 0 radical (unpaired) electrons. The van der Waals surface area contributed by atoms with Gasteiger partial charge in [0.2, 0.25) is 5.56 Å². The number of rotatable bonds is 6. The molecule has 1 aromatic rings. The molecule has 1 heterocycles. The summed E-state index contributed by atoms with van der Waals surface area (Å²) in [5, 5.41) is 11.6. The van der Waals surface area contributed by atoms with Crippen molar-refractivity contribution >= 4 is 11.9 Å². The first-order valence-corrected chi connectivity index (χ1v) is 6.94. The average Bonchev–Trinajstić information content (AvgIpc) is 2.39. The highest BCUT2D eigenvalue weighted by molar-refractivity contribution is 5.96. The molecule has 7 heteroatoms. The number of carboxylic acids is 1. The SMILES string of the molecule is Cn1cc(C(=O)NC(CCOC(C)(C)C)C(=O)O)ccc1=O. The van der Waals surface area contributed by atoms with Crippen LogP contribution in [0.3, 0.4) is 0 Å². The second kappa shape index (κ2) is 7.22. The average molecular weight is 310 g/mol. The zero-order valence-corrected chi connectivity index (χ0v) is 13.3. The van der Waals surface area contributed by atoms with Gasteiger partial charge in [-0.2, -0.15) is 0 Å². The van der Waals surface area contributed by atoms with Crippen molar-refractivity contribution in [2.75, 3.05) is 6.61 Å². The van der Waals surface area contributed by atoms with Gasteiger partial charge in [-0.1, -0.05) is 0 Å². The van der Waals surface area contributed by atoms with Crippen LogP contribution in [0.1, 0.15) is 37.6 Å². The number of nitrogens with zero attached hydrogens (tertiary/aromatic N) is 1. The number of hydrogen-bond acceptors (Lipinski definition) is 4. The molecule has 0 aromatic carbocycles. The number of aryl methyl sites for hydroxylation is 1. The highest BCUT2D eigenvalue weighted by atomic mass is 16.5. The van der Waals surface area contributed by atoms with E-state index in [1.54, 1.807) is 0 Å². The Labute approximate surface area is 128 Å². The maximum atomic E-state index is 12.1. The molecule has 0 fully saturated rings. The van der Waals surface area contributed by atoms with Crippen molar-refractivity contribution in [3.63, 3.8) is 0 Å². The van der Waals surface area contributed by atoms with Crippen LogP contribution in [0.4, 0.5) is 0 Å². The van der Waals surface area contributed by atoms with Crippen LogP contribution in [-0.2, 0) is 16.6 Å². The summed E-state index contributed by atoms with van der Waals surface area (Å²) in [6.45, 7) is 5.82. The fourth-order valence-electron chi connectivity index (χ4n) is 1.71. The van der Waals surface area contributed by atoms with Crippen molar-refractivity contribution in [1.82, 2.24) is 9.88 Å². The van der Waals surface area contributed by atoms with Gasteiger partial charge >= 0.3 is 5.97 Å². The fraction of sp³-hybridized carbons (Fsp3) is 0.533. The molecule has 0 spiro atoms. The van der Waals surface area contributed by atoms with Gasteiger partial charge in [-0.05, 0) is 26.8 Å². The van der Waals surface area contributed by atoms with Crippen LogP contribution in [0.25, 0.3) is 0 Å². The number of carbonyl (C=O) groups excluding carboxylic acids is 1. The summed E-state index contributed by atoms with van der Waals surface area (Å²) in [4.78, 5) is 34.6. The monoisotopic (exact) mass is 310 g/mol. The van der Waals surface area contributed by atoms with Crippen LogP contribution in [0.15, 0.2) is 23.1 Å². The molecule has 7 nitrogen and oxygen atoms in total. The van der Waals surface area contributed by atoms with Gasteiger partial charge in [-0.15, -0.1) is 0 Å². The third-order valence-electron chi connectivity index (χ3n) is 2.89. The maximum absolute atomic E-state index is 12.1. The molecule has 0 saturated carbocycles. The van der Waals surface area contributed by atoms with Crippen molar-refractivity contribution < 1.29 is 19.4 Å². The minimum Gasteiger partial charge on any atom is -0.480 e.